The van der Waals surface area contributed by atoms with E-state index in [-0.39, 0.29) is 5.91 Å². The lowest BCUT2D eigenvalue weighted by Crippen LogP contribution is -2.30. The summed E-state index contributed by atoms with van der Waals surface area (Å²) in [5.41, 5.74) is 1.26. The number of benzene rings is 2. The van der Waals surface area contributed by atoms with Gasteiger partial charge in [0, 0.05) is 31.6 Å². The number of ether oxygens (including phenoxy) is 1. The lowest BCUT2D eigenvalue weighted by atomic mass is 10.0. The molecule has 1 unspecified atom stereocenters. The molecule has 1 N–H and O–H groups in total. The average molecular weight is 326 g/mol. The number of nitrogens with zero attached hydrogens (tertiary/aromatic N) is 1. The maximum atomic E-state index is 11.4. The van der Waals surface area contributed by atoms with Crippen molar-refractivity contribution in [1.82, 2.24) is 10.2 Å². The van der Waals surface area contributed by atoms with Crippen LogP contribution in [0.3, 0.4) is 0 Å². The molecule has 1 amide bonds. The fourth-order valence-corrected chi connectivity index (χ4v) is 3.50. The first-order chi connectivity index (χ1) is 11.7. The first-order valence-electron chi connectivity index (χ1n) is 8.75. The number of rotatable bonds is 6. The van der Waals surface area contributed by atoms with Crippen molar-refractivity contribution >= 4 is 16.7 Å². The van der Waals surface area contributed by atoms with E-state index in [0.29, 0.717) is 12.3 Å². The molecule has 1 saturated heterocycles. The molecule has 1 aliphatic rings. The van der Waals surface area contributed by atoms with Crippen molar-refractivity contribution < 1.29 is 9.53 Å². The Morgan fingerprint density at radius 1 is 1.29 bits per heavy atom. The molecule has 24 heavy (non-hydrogen) atoms. The fraction of sp³-hybridized carbons (Fsp3) is 0.450. The standard InChI is InChI=1S/C20H26N2O2/c1-3-20(23)21-12-15-10-11-22(13-15)14-18-17-7-5-4-6-16(17)8-9-19(18)24-2/h4-9,15H,3,10-14H2,1-2H3,(H,21,23). The van der Waals surface area contributed by atoms with Crippen molar-refractivity contribution in [2.45, 2.75) is 26.3 Å². The van der Waals surface area contributed by atoms with E-state index in [1.54, 1.807) is 7.11 Å². The third-order valence-corrected chi connectivity index (χ3v) is 4.88. The Labute approximate surface area is 143 Å². The van der Waals surface area contributed by atoms with Gasteiger partial charge in [-0.1, -0.05) is 37.3 Å². The molecular weight excluding hydrogens is 300 g/mol. The fourth-order valence-electron chi connectivity index (χ4n) is 3.50. The number of methoxy groups -OCH3 is 1. The van der Waals surface area contributed by atoms with Crippen LogP contribution in [0.2, 0.25) is 0 Å². The number of hydrogen-bond acceptors (Lipinski definition) is 3. The van der Waals surface area contributed by atoms with Crippen LogP contribution in [0.5, 0.6) is 5.75 Å². The van der Waals surface area contributed by atoms with E-state index in [1.807, 2.05) is 6.92 Å². The molecule has 2 aromatic rings. The van der Waals surface area contributed by atoms with Crippen LogP contribution < -0.4 is 10.1 Å². The molecule has 0 saturated carbocycles. The molecular formula is C20H26N2O2. The van der Waals surface area contributed by atoms with Crippen LogP contribution in [0, 0.1) is 5.92 Å². The Balaban J connectivity index is 1.70. The second kappa shape index (κ2) is 7.67. The highest BCUT2D eigenvalue weighted by atomic mass is 16.5. The number of carbonyl (C=O) groups is 1. The number of amides is 1. The molecule has 1 atom stereocenters. The summed E-state index contributed by atoms with van der Waals surface area (Å²) in [5.74, 6) is 1.64. The first kappa shape index (κ1) is 16.8. The predicted octanol–water partition coefficient (Wildman–Crippen LogP) is 3.20. The SMILES string of the molecule is CCC(=O)NCC1CCN(Cc2c(OC)ccc3ccccc23)C1. The smallest absolute Gasteiger partial charge is 0.219 e. The van der Waals surface area contributed by atoms with Crippen LogP contribution in [-0.4, -0.2) is 37.6 Å². The lowest BCUT2D eigenvalue weighted by molar-refractivity contribution is -0.120. The monoisotopic (exact) mass is 326 g/mol. The van der Waals surface area contributed by atoms with E-state index in [0.717, 1.165) is 38.3 Å². The normalized spacial score (nSPS) is 18.0. The molecule has 0 bridgehead atoms. The first-order valence-corrected chi connectivity index (χ1v) is 8.75. The molecule has 0 aromatic heterocycles. The summed E-state index contributed by atoms with van der Waals surface area (Å²) in [6.45, 7) is 5.66. The zero-order chi connectivity index (χ0) is 16.9. The second-order valence-electron chi connectivity index (χ2n) is 6.51. The lowest BCUT2D eigenvalue weighted by Gasteiger charge is -2.20. The number of hydrogen-bond donors (Lipinski definition) is 1. The van der Waals surface area contributed by atoms with E-state index in [2.05, 4.69) is 46.6 Å². The maximum absolute atomic E-state index is 11.4. The zero-order valence-corrected chi connectivity index (χ0v) is 14.5. The predicted molar refractivity (Wildman–Crippen MR) is 97.2 cm³/mol. The van der Waals surface area contributed by atoms with Crippen molar-refractivity contribution in [2.75, 3.05) is 26.7 Å². The summed E-state index contributed by atoms with van der Waals surface area (Å²) in [7, 11) is 1.74. The highest BCUT2D eigenvalue weighted by Gasteiger charge is 2.24. The molecule has 0 spiro atoms. The summed E-state index contributed by atoms with van der Waals surface area (Å²) in [5, 5.41) is 5.53. The van der Waals surface area contributed by atoms with Crippen LogP contribution >= 0.6 is 0 Å². The zero-order valence-electron chi connectivity index (χ0n) is 14.5. The van der Waals surface area contributed by atoms with Gasteiger partial charge >= 0.3 is 0 Å². The molecule has 0 aliphatic carbocycles. The third kappa shape index (κ3) is 3.70. The van der Waals surface area contributed by atoms with Gasteiger partial charge in [0.25, 0.3) is 0 Å². The Kier molecular flexibility index (Phi) is 5.36. The number of fused-ring (bicyclic) bond motifs is 1. The van der Waals surface area contributed by atoms with Gasteiger partial charge in [0.1, 0.15) is 5.75 Å². The van der Waals surface area contributed by atoms with E-state index >= 15 is 0 Å². The van der Waals surface area contributed by atoms with Crippen molar-refractivity contribution in [3.8, 4) is 5.75 Å². The Hall–Kier alpha value is -2.07. The van der Waals surface area contributed by atoms with Gasteiger partial charge in [0.15, 0.2) is 0 Å². The molecule has 1 fully saturated rings. The van der Waals surface area contributed by atoms with Crippen molar-refractivity contribution in [3.63, 3.8) is 0 Å². The van der Waals surface area contributed by atoms with Gasteiger partial charge in [-0.15, -0.1) is 0 Å². The van der Waals surface area contributed by atoms with Gasteiger partial charge < -0.3 is 10.1 Å². The van der Waals surface area contributed by atoms with Gasteiger partial charge in [-0.25, -0.2) is 0 Å². The van der Waals surface area contributed by atoms with Crippen molar-refractivity contribution in [1.29, 1.82) is 0 Å². The van der Waals surface area contributed by atoms with E-state index in [4.69, 9.17) is 4.74 Å². The molecule has 4 nitrogen and oxygen atoms in total. The minimum Gasteiger partial charge on any atom is -0.496 e. The topological polar surface area (TPSA) is 41.6 Å². The molecule has 1 aliphatic heterocycles. The van der Waals surface area contributed by atoms with Gasteiger partial charge in [0.05, 0.1) is 7.11 Å². The van der Waals surface area contributed by atoms with E-state index in [1.165, 1.54) is 16.3 Å². The van der Waals surface area contributed by atoms with Crippen LogP contribution in [0.1, 0.15) is 25.3 Å². The third-order valence-electron chi connectivity index (χ3n) is 4.88. The maximum Gasteiger partial charge on any atom is 0.219 e. The van der Waals surface area contributed by atoms with E-state index in [9.17, 15) is 4.79 Å². The Morgan fingerprint density at radius 2 is 2.12 bits per heavy atom. The minimum atomic E-state index is 0.143. The van der Waals surface area contributed by atoms with Gasteiger partial charge in [0.2, 0.25) is 5.91 Å². The van der Waals surface area contributed by atoms with Crippen molar-refractivity contribution in [2.24, 2.45) is 5.92 Å². The van der Waals surface area contributed by atoms with Gasteiger partial charge in [-0.05, 0) is 35.7 Å². The largest absolute Gasteiger partial charge is 0.496 e. The van der Waals surface area contributed by atoms with Crippen molar-refractivity contribution in [3.05, 3.63) is 42.0 Å². The highest BCUT2D eigenvalue weighted by Crippen LogP contribution is 2.30. The van der Waals surface area contributed by atoms with Crippen LogP contribution in [0.4, 0.5) is 0 Å². The Bertz CT molecular complexity index is 714. The number of carbonyl (C=O) groups excluding carboxylic acids is 1. The van der Waals surface area contributed by atoms with Crippen LogP contribution in [0.15, 0.2) is 36.4 Å². The Morgan fingerprint density at radius 3 is 2.92 bits per heavy atom. The van der Waals surface area contributed by atoms with Gasteiger partial charge in [-0.3, -0.25) is 9.69 Å². The summed E-state index contributed by atoms with van der Waals surface area (Å²) in [6.07, 6.45) is 1.70. The summed E-state index contributed by atoms with van der Waals surface area (Å²) in [4.78, 5) is 13.9. The summed E-state index contributed by atoms with van der Waals surface area (Å²) >= 11 is 0. The molecule has 2 aromatic carbocycles. The van der Waals surface area contributed by atoms with Gasteiger partial charge in [-0.2, -0.15) is 0 Å². The summed E-state index contributed by atoms with van der Waals surface area (Å²) < 4.78 is 5.60. The second-order valence-corrected chi connectivity index (χ2v) is 6.51. The molecule has 4 heteroatoms. The molecule has 1 heterocycles. The number of nitrogens with one attached hydrogen (secondary N) is 1. The molecule has 0 radical (unpaired) electrons. The van der Waals surface area contributed by atoms with E-state index < -0.39 is 0 Å². The highest BCUT2D eigenvalue weighted by molar-refractivity contribution is 5.87. The van der Waals surface area contributed by atoms with Crippen LogP contribution in [-0.2, 0) is 11.3 Å². The van der Waals surface area contributed by atoms with Crippen LogP contribution in [0.25, 0.3) is 10.8 Å². The quantitative estimate of drug-likeness (QED) is 0.886. The minimum absolute atomic E-state index is 0.143. The number of likely N-dealkylation sites (tertiary alicyclic amines) is 1. The average Bonchev–Trinajstić information content (AvgIpc) is 3.07. The summed E-state index contributed by atoms with van der Waals surface area (Å²) in [6, 6.07) is 12.6. The molecule has 128 valence electrons. The molecule has 3 rings (SSSR count).